The normalized spacial score (nSPS) is 10.9. The molecule has 0 saturated heterocycles. The minimum Gasteiger partial charge on any atom is -0.497 e. The summed E-state index contributed by atoms with van der Waals surface area (Å²) >= 11 is 0. The van der Waals surface area contributed by atoms with Crippen molar-refractivity contribution in [3.63, 3.8) is 0 Å². The highest BCUT2D eigenvalue weighted by atomic mass is 16.5. The number of hydrogen-bond acceptors (Lipinski definition) is 2. The van der Waals surface area contributed by atoms with E-state index in [4.69, 9.17) is 4.74 Å². The molecule has 1 aromatic heterocycles. The first kappa shape index (κ1) is 15.3. The van der Waals surface area contributed by atoms with E-state index in [9.17, 15) is 4.79 Å². The van der Waals surface area contributed by atoms with Gasteiger partial charge in [-0.15, -0.1) is 0 Å². The number of benzene rings is 2. The Labute approximate surface area is 136 Å². The van der Waals surface area contributed by atoms with Gasteiger partial charge in [-0.2, -0.15) is 0 Å². The Bertz CT molecular complexity index is 833. The number of para-hydroxylation sites is 1. The van der Waals surface area contributed by atoms with Crippen molar-refractivity contribution in [1.29, 1.82) is 0 Å². The zero-order valence-corrected chi connectivity index (χ0v) is 13.6. The van der Waals surface area contributed by atoms with Crippen LogP contribution in [-0.2, 0) is 6.54 Å². The maximum atomic E-state index is 12.9. The standard InChI is InChI=1S/C20H21NO2/c1-3-4-12-21-14-18(17-10-5-6-11-19(17)21)20(22)15-8-7-9-16(13-15)23-2/h5-11,13-14H,3-4,12H2,1-2H3. The van der Waals surface area contributed by atoms with E-state index in [0.717, 1.165) is 35.9 Å². The Hall–Kier alpha value is -2.55. The molecule has 1 heterocycles. The second kappa shape index (κ2) is 6.69. The van der Waals surface area contributed by atoms with E-state index >= 15 is 0 Å². The summed E-state index contributed by atoms with van der Waals surface area (Å²) in [6.45, 7) is 3.11. The van der Waals surface area contributed by atoms with E-state index in [1.54, 1.807) is 13.2 Å². The van der Waals surface area contributed by atoms with Crippen LogP contribution in [0.3, 0.4) is 0 Å². The van der Waals surface area contributed by atoms with Gasteiger partial charge in [-0.25, -0.2) is 0 Å². The minimum absolute atomic E-state index is 0.0374. The summed E-state index contributed by atoms with van der Waals surface area (Å²) in [7, 11) is 1.61. The van der Waals surface area contributed by atoms with Gasteiger partial charge in [-0.3, -0.25) is 4.79 Å². The molecule has 0 aliphatic carbocycles. The summed E-state index contributed by atoms with van der Waals surface area (Å²) in [6.07, 6.45) is 4.22. The van der Waals surface area contributed by atoms with Crippen molar-refractivity contribution in [2.45, 2.75) is 26.3 Å². The first-order valence-corrected chi connectivity index (χ1v) is 8.01. The van der Waals surface area contributed by atoms with Crippen LogP contribution in [-0.4, -0.2) is 17.5 Å². The van der Waals surface area contributed by atoms with Crippen LogP contribution < -0.4 is 4.74 Å². The third-order valence-corrected chi connectivity index (χ3v) is 4.12. The fraction of sp³-hybridized carbons (Fsp3) is 0.250. The molecule has 0 bridgehead atoms. The number of unbranched alkanes of at least 4 members (excludes halogenated alkanes) is 1. The average Bonchev–Trinajstić information content (AvgIpc) is 2.98. The lowest BCUT2D eigenvalue weighted by Gasteiger charge is -2.03. The highest BCUT2D eigenvalue weighted by molar-refractivity contribution is 6.16. The zero-order valence-electron chi connectivity index (χ0n) is 13.6. The molecule has 0 saturated carbocycles. The second-order valence-electron chi connectivity index (χ2n) is 5.67. The van der Waals surface area contributed by atoms with Gasteiger partial charge in [0.25, 0.3) is 0 Å². The van der Waals surface area contributed by atoms with Crippen LogP contribution >= 0.6 is 0 Å². The molecular formula is C20H21NO2. The van der Waals surface area contributed by atoms with E-state index in [0.29, 0.717) is 11.3 Å². The van der Waals surface area contributed by atoms with Gasteiger partial charge in [-0.05, 0) is 24.6 Å². The Morgan fingerprint density at radius 2 is 1.96 bits per heavy atom. The number of ketones is 1. The number of methoxy groups -OCH3 is 1. The highest BCUT2D eigenvalue weighted by Crippen LogP contribution is 2.25. The lowest BCUT2D eigenvalue weighted by Crippen LogP contribution is -2.01. The van der Waals surface area contributed by atoms with E-state index in [-0.39, 0.29) is 5.78 Å². The van der Waals surface area contributed by atoms with Crippen LogP contribution in [0, 0.1) is 0 Å². The molecule has 3 rings (SSSR count). The molecule has 0 N–H and O–H groups in total. The maximum Gasteiger partial charge on any atom is 0.195 e. The van der Waals surface area contributed by atoms with E-state index in [1.165, 1.54) is 0 Å². The number of hydrogen-bond donors (Lipinski definition) is 0. The van der Waals surface area contributed by atoms with Crippen molar-refractivity contribution in [2.75, 3.05) is 7.11 Å². The number of rotatable bonds is 6. The predicted octanol–water partition coefficient (Wildman–Crippen LogP) is 4.68. The number of carbonyl (C=O) groups is 1. The van der Waals surface area contributed by atoms with Crippen LogP contribution in [0.1, 0.15) is 35.7 Å². The molecule has 0 unspecified atom stereocenters. The lowest BCUT2D eigenvalue weighted by atomic mass is 10.0. The number of fused-ring (bicyclic) bond motifs is 1. The molecule has 2 aromatic carbocycles. The van der Waals surface area contributed by atoms with Crippen LogP contribution in [0.2, 0.25) is 0 Å². The van der Waals surface area contributed by atoms with Gasteiger partial charge in [0.1, 0.15) is 5.75 Å². The third kappa shape index (κ3) is 3.00. The van der Waals surface area contributed by atoms with Crippen LogP contribution in [0.4, 0.5) is 0 Å². The summed E-state index contributed by atoms with van der Waals surface area (Å²) in [5.74, 6) is 0.737. The van der Waals surface area contributed by atoms with Crippen molar-refractivity contribution in [3.05, 3.63) is 65.9 Å². The lowest BCUT2D eigenvalue weighted by molar-refractivity contribution is 0.103. The van der Waals surface area contributed by atoms with Gasteiger partial charge in [0, 0.05) is 34.8 Å². The van der Waals surface area contributed by atoms with Gasteiger partial charge >= 0.3 is 0 Å². The molecule has 118 valence electrons. The quantitative estimate of drug-likeness (QED) is 0.619. The van der Waals surface area contributed by atoms with E-state index in [1.807, 2.05) is 42.6 Å². The molecule has 3 heteroatoms. The van der Waals surface area contributed by atoms with Crippen molar-refractivity contribution in [3.8, 4) is 5.75 Å². The molecule has 0 aliphatic rings. The zero-order chi connectivity index (χ0) is 16.2. The summed E-state index contributed by atoms with van der Waals surface area (Å²) < 4.78 is 7.42. The van der Waals surface area contributed by atoms with E-state index in [2.05, 4.69) is 17.6 Å². The first-order valence-electron chi connectivity index (χ1n) is 8.01. The summed E-state index contributed by atoms with van der Waals surface area (Å²) in [5.41, 5.74) is 2.53. The molecule has 23 heavy (non-hydrogen) atoms. The van der Waals surface area contributed by atoms with Gasteiger partial charge in [0.15, 0.2) is 5.78 Å². The summed E-state index contributed by atoms with van der Waals surface area (Å²) in [4.78, 5) is 12.9. The molecule has 0 atom stereocenters. The number of ether oxygens (including phenoxy) is 1. The summed E-state index contributed by atoms with van der Waals surface area (Å²) in [6, 6.07) is 15.4. The number of carbonyl (C=O) groups excluding carboxylic acids is 1. The Balaban J connectivity index is 2.06. The molecule has 0 spiro atoms. The molecule has 3 aromatic rings. The Morgan fingerprint density at radius 1 is 1.13 bits per heavy atom. The van der Waals surface area contributed by atoms with Crippen LogP contribution in [0.15, 0.2) is 54.7 Å². The van der Waals surface area contributed by atoms with Crippen LogP contribution in [0.25, 0.3) is 10.9 Å². The van der Waals surface area contributed by atoms with Crippen molar-refractivity contribution in [1.82, 2.24) is 4.57 Å². The SMILES string of the molecule is CCCCn1cc(C(=O)c2cccc(OC)c2)c2ccccc21. The molecule has 0 radical (unpaired) electrons. The van der Waals surface area contributed by atoms with Gasteiger partial charge in [0.2, 0.25) is 0 Å². The topological polar surface area (TPSA) is 31.2 Å². The number of nitrogens with zero attached hydrogens (tertiary/aromatic N) is 1. The molecule has 0 fully saturated rings. The van der Waals surface area contributed by atoms with Crippen molar-refractivity contribution < 1.29 is 9.53 Å². The van der Waals surface area contributed by atoms with Crippen molar-refractivity contribution in [2.24, 2.45) is 0 Å². The first-order chi connectivity index (χ1) is 11.2. The predicted molar refractivity (Wildman–Crippen MR) is 93.3 cm³/mol. The van der Waals surface area contributed by atoms with Crippen molar-refractivity contribution >= 4 is 16.7 Å². The minimum atomic E-state index is 0.0374. The molecule has 0 amide bonds. The van der Waals surface area contributed by atoms with Crippen LogP contribution in [0.5, 0.6) is 5.75 Å². The molecular weight excluding hydrogens is 286 g/mol. The fourth-order valence-electron chi connectivity index (χ4n) is 2.86. The molecule has 0 aliphatic heterocycles. The number of aryl methyl sites for hydroxylation is 1. The summed E-state index contributed by atoms with van der Waals surface area (Å²) in [5, 5.41) is 1.01. The average molecular weight is 307 g/mol. The smallest absolute Gasteiger partial charge is 0.195 e. The largest absolute Gasteiger partial charge is 0.497 e. The fourth-order valence-corrected chi connectivity index (χ4v) is 2.86. The number of aromatic nitrogens is 1. The monoisotopic (exact) mass is 307 g/mol. The second-order valence-corrected chi connectivity index (χ2v) is 5.67. The Kier molecular flexibility index (Phi) is 4.47. The van der Waals surface area contributed by atoms with E-state index < -0.39 is 0 Å². The maximum absolute atomic E-state index is 12.9. The molecule has 3 nitrogen and oxygen atoms in total. The Morgan fingerprint density at radius 3 is 2.74 bits per heavy atom. The third-order valence-electron chi connectivity index (χ3n) is 4.12. The van der Waals surface area contributed by atoms with Gasteiger partial charge < -0.3 is 9.30 Å². The van der Waals surface area contributed by atoms with Gasteiger partial charge in [-0.1, -0.05) is 43.7 Å². The van der Waals surface area contributed by atoms with Gasteiger partial charge in [0.05, 0.1) is 7.11 Å². The highest BCUT2D eigenvalue weighted by Gasteiger charge is 2.16.